The van der Waals surface area contributed by atoms with Crippen LogP contribution in [-0.4, -0.2) is 54.0 Å². The van der Waals surface area contributed by atoms with Crippen LogP contribution in [0.3, 0.4) is 0 Å². The van der Waals surface area contributed by atoms with Crippen LogP contribution < -0.4 is 5.73 Å². The van der Waals surface area contributed by atoms with Gasteiger partial charge in [-0.1, -0.05) is 25.7 Å². The Morgan fingerprint density at radius 2 is 1.79 bits per heavy atom. The number of nitrogens with zero attached hydrogens (tertiary/aromatic N) is 2. The van der Waals surface area contributed by atoms with E-state index in [0.717, 1.165) is 13.0 Å². The second-order valence-electron chi connectivity index (χ2n) is 6.22. The number of nitrogens with two attached hydrogens (primary N) is 1. The van der Waals surface area contributed by atoms with Gasteiger partial charge >= 0.3 is 0 Å². The number of hydrogen-bond donors (Lipinski definition) is 1. The van der Waals surface area contributed by atoms with Crippen molar-refractivity contribution in [2.75, 3.05) is 20.1 Å². The molecular weight excluding hydrogens is 238 g/mol. The first kappa shape index (κ1) is 14.8. The largest absolute Gasteiger partial charge is 0.342 e. The Morgan fingerprint density at radius 1 is 1.16 bits per heavy atom. The zero-order valence-electron chi connectivity index (χ0n) is 12.5. The standard InChI is InChI=1S/C15H29N3O/c1-12-9-10-18(13-7-5-3-4-6-8-13)14(11-16)15(19)17(12)2/h12-14H,3-11,16H2,1-2H3. The predicted octanol–water partition coefficient (Wildman–Crippen LogP) is 1.59. The predicted molar refractivity (Wildman–Crippen MR) is 77.9 cm³/mol. The molecule has 2 unspecified atom stereocenters. The van der Waals surface area contributed by atoms with Crippen LogP contribution in [0.4, 0.5) is 0 Å². The monoisotopic (exact) mass is 267 g/mol. The van der Waals surface area contributed by atoms with Crippen molar-refractivity contribution in [3.05, 3.63) is 0 Å². The minimum absolute atomic E-state index is 0.0990. The van der Waals surface area contributed by atoms with E-state index >= 15 is 0 Å². The molecule has 1 aliphatic heterocycles. The lowest BCUT2D eigenvalue weighted by atomic mass is 10.0. The van der Waals surface area contributed by atoms with Crippen LogP contribution in [0.15, 0.2) is 0 Å². The van der Waals surface area contributed by atoms with E-state index in [1.54, 1.807) is 0 Å². The number of hydrogen-bond acceptors (Lipinski definition) is 3. The SMILES string of the molecule is CC1CCN(C2CCCCCC2)C(CN)C(=O)N1C. The molecule has 0 aromatic carbocycles. The molecule has 0 aromatic rings. The molecule has 0 radical (unpaired) electrons. The van der Waals surface area contributed by atoms with Gasteiger partial charge in [0.1, 0.15) is 6.04 Å². The quantitative estimate of drug-likeness (QED) is 0.773. The lowest BCUT2D eigenvalue weighted by molar-refractivity contribution is -0.136. The molecule has 2 N–H and O–H groups in total. The highest BCUT2D eigenvalue weighted by Crippen LogP contribution is 2.26. The molecule has 4 heteroatoms. The third-order valence-corrected chi connectivity index (χ3v) is 5.02. The molecule has 2 rings (SSSR count). The molecular formula is C15H29N3O. The van der Waals surface area contributed by atoms with E-state index in [1.807, 2.05) is 11.9 Å². The fourth-order valence-corrected chi connectivity index (χ4v) is 3.54. The van der Waals surface area contributed by atoms with Crippen molar-refractivity contribution in [3.8, 4) is 0 Å². The Kier molecular flexibility index (Phi) is 5.22. The molecule has 0 spiro atoms. The molecule has 2 aliphatic rings. The molecule has 2 atom stereocenters. The molecule has 1 saturated heterocycles. The van der Waals surface area contributed by atoms with E-state index in [1.165, 1.54) is 38.5 Å². The summed E-state index contributed by atoms with van der Waals surface area (Å²) in [6, 6.07) is 0.800. The Hall–Kier alpha value is -0.610. The number of carbonyl (C=O) groups excluding carboxylic acids is 1. The van der Waals surface area contributed by atoms with Crippen molar-refractivity contribution in [2.24, 2.45) is 5.73 Å². The Labute approximate surface area is 117 Å². The van der Waals surface area contributed by atoms with Gasteiger partial charge in [0.2, 0.25) is 5.91 Å². The minimum atomic E-state index is -0.0990. The van der Waals surface area contributed by atoms with E-state index in [2.05, 4.69) is 11.8 Å². The van der Waals surface area contributed by atoms with Gasteiger partial charge in [-0.15, -0.1) is 0 Å². The summed E-state index contributed by atoms with van der Waals surface area (Å²) < 4.78 is 0. The van der Waals surface area contributed by atoms with Crippen LogP contribution in [0.25, 0.3) is 0 Å². The summed E-state index contributed by atoms with van der Waals surface area (Å²) in [6.45, 7) is 3.61. The summed E-state index contributed by atoms with van der Waals surface area (Å²) in [5, 5.41) is 0. The average molecular weight is 267 g/mol. The molecule has 0 bridgehead atoms. The smallest absolute Gasteiger partial charge is 0.241 e. The highest BCUT2D eigenvalue weighted by molar-refractivity contribution is 5.82. The van der Waals surface area contributed by atoms with Gasteiger partial charge in [0.25, 0.3) is 0 Å². The molecule has 1 aliphatic carbocycles. The lowest BCUT2D eigenvalue weighted by Gasteiger charge is -2.35. The number of amides is 1. The molecule has 4 nitrogen and oxygen atoms in total. The first-order chi connectivity index (χ1) is 9.15. The van der Waals surface area contributed by atoms with Crippen molar-refractivity contribution >= 4 is 5.91 Å². The molecule has 1 amide bonds. The fourth-order valence-electron chi connectivity index (χ4n) is 3.54. The second-order valence-corrected chi connectivity index (χ2v) is 6.22. The number of carbonyl (C=O) groups is 1. The van der Waals surface area contributed by atoms with Crippen molar-refractivity contribution in [2.45, 2.75) is 70.0 Å². The molecule has 110 valence electrons. The van der Waals surface area contributed by atoms with Crippen LogP contribution in [0, 0.1) is 0 Å². The van der Waals surface area contributed by atoms with Crippen LogP contribution in [0.2, 0.25) is 0 Å². The van der Waals surface area contributed by atoms with Gasteiger partial charge in [-0.25, -0.2) is 0 Å². The highest BCUT2D eigenvalue weighted by Gasteiger charge is 2.36. The number of rotatable bonds is 2. The topological polar surface area (TPSA) is 49.6 Å². The van der Waals surface area contributed by atoms with Crippen LogP contribution in [0.5, 0.6) is 0 Å². The zero-order valence-corrected chi connectivity index (χ0v) is 12.5. The summed E-state index contributed by atoms with van der Waals surface area (Å²) in [5.41, 5.74) is 5.92. The normalized spacial score (nSPS) is 32.2. The summed E-state index contributed by atoms with van der Waals surface area (Å²) >= 11 is 0. The highest BCUT2D eigenvalue weighted by atomic mass is 16.2. The summed E-state index contributed by atoms with van der Waals surface area (Å²) in [4.78, 5) is 16.9. The van der Waals surface area contributed by atoms with Gasteiger partial charge < -0.3 is 10.6 Å². The van der Waals surface area contributed by atoms with Crippen LogP contribution in [-0.2, 0) is 4.79 Å². The summed E-state index contributed by atoms with van der Waals surface area (Å²) in [6.07, 6.45) is 8.85. The van der Waals surface area contributed by atoms with Crippen molar-refractivity contribution in [3.63, 3.8) is 0 Å². The maximum Gasteiger partial charge on any atom is 0.241 e. The van der Waals surface area contributed by atoms with Gasteiger partial charge in [-0.05, 0) is 26.2 Å². The van der Waals surface area contributed by atoms with E-state index in [0.29, 0.717) is 18.6 Å². The first-order valence-electron chi connectivity index (χ1n) is 7.87. The van der Waals surface area contributed by atoms with Crippen LogP contribution in [0.1, 0.15) is 51.9 Å². The van der Waals surface area contributed by atoms with Gasteiger partial charge in [-0.2, -0.15) is 0 Å². The molecule has 2 fully saturated rings. The van der Waals surface area contributed by atoms with E-state index < -0.39 is 0 Å². The first-order valence-corrected chi connectivity index (χ1v) is 7.87. The third kappa shape index (κ3) is 3.29. The molecule has 1 heterocycles. The van der Waals surface area contributed by atoms with E-state index in [9.17, 15) is 4.79 Å². The Balaban J connectivity index is 2.14. The minimum Gasteiger partial charge on any atom is -0.342 e. The molecule has 0 aromatic heterocycles. The Bertz CT molecular complexity index is 300. The third-order valence-electron chi connectivity index (χ3n) is 5.02. The average Bonchev–Trinajstić information content (AvgIpc) is 2.74. The van der Waals surface area contributed by atoms with E-state index in [-0.39, 0.29) is 11.9 Å². The van der Waals surface area contributed by atoms with Gasteiger partial charge in [0.15, 0.2) is 0 Å². The molecule has 1 saturated carbocycles. The second kappa shape index (κ2) is 6.71. The van der Waals surface area contributed by atoms with Crippen molar-refractivity contribution in [1.29, 1.82) is 0 Å². The molecule has 19 heavy (non-hydrogen) atoms. The zero-order chi connectivity index (χ0) is 13.8. The maximum absolute atomic E-state index is 12.5. The van der Waals surface area contributed by atoms with Crippen LogP contribution >= 0.6 is 0 Å². The van der Waals surface area contributed by atoms with Gasteiger partial charge in [0, 0.05) is 32.2 Å². The fraction of sp³-hybridized carbons (Fsp3) is 0.933. The summed E-state index contributed by atoms with van der Waals surface area (Å²) in [7, 11) is 1.92. The lowest BCUT2D eigenvalue weighted by Crippen LogP contribution is -2.53. The maximum atomic E-state index is 12.5. The van der Waals surface area contributed by atoms with Crippen molar-refractivity contribution in [1.82, 2.24) is 9.80 Å². The van der Waals surface area contributed by atoms with E-state index in [4.69, 9.17) is 5.73 Å². The number of likely N-dealkylation sites (N-methyl/N-ethyl adjacent to an activating group) is 1. The van der Waals surface area contributed by atoms with Gasteiger partial charge in [0.05, 0.1) is 0 Å². The van der Waals surface area contributed by atoms with Crippen molar-refractivity contribution < 1.29 is 4.79 Å². The summed E-state index contributed by atoms with van der Waals surface area (Å²) in [5.74, 6) is 0.219. The van der Waals surface area contributed by atoms with Gasteiger partial charge in [-0.3, -0.25) is 9.69 Å². The Morgan fingerprint density at radius 3 is 2.37 bits per heavy atom.